The molecule has 0 bridgehead atoms. The van der Waals surface area contributed by atoms with Crippen molar-refractivity contribution in [3.8, 4) is 0 Å². The van der Waals surface area contributed by atoms with Crippen LogP contribution >= 0.6 is 0 Å². The van der Waals surface area contributed by atoms with Gasteiger partial charge in [-0.3, -0.25) is 0 Å². The zero-order chi connectivity index (χ0) is 12.4. The van der Waals surface area contributed by atoms with Crippen LogP contribution in [0, 0.1) is 20.8 Å². The summed E-state index contributed by atoms with van der Waals surface area (Å²) in [6, 6.07) is 4.42. The molecule has 1 aromatic carbocycles. The van der Waals surface area contributed by atoms with E-state index in [1.807, 2.05) is 7.05 Å². The molecule has 0 atom stereocenters. The number of rotatable bonds is 4. The molecule has 0 saturated heterocycles. The van der Waals surface area contributed by atoms with Gasteiger partial charge >= 0.3 is 0 Å². The van der Waals surface area contributed by atoms with Gasteiger partial charge < -0.3 is 10.3 Å². The monoisotopic (exact) mass is 230 g/mol. The summed E-state index contributed by atoms with van der Waals surface area (Å²) >= 11 is 0. The maximum Gasteiger partial charge on any atom is 0.0491 e. The fourth-order valence-electron chi connectivity index (χ4n) is 2.54. The van der Waals surface area contributed by atoms with Crippen LogP contribution in [0.4, 0.5) is 0 Å². The molecule has 0 aliphatic heterocycles. The molecule has 0 spiro atoms. The summed E-state index contributed by atoms with van der Waals surface area (Å²) in [5, 5.41) is 4.62. The molecule has 0 aliphatic rings. The van der Waals surface area contributed by atoms with E-state index >= 15 is 0 Å². The Labute approximate surface area is 103 Å². The Hall–Kier alpha value is -1.28. The molecule has 17 heavy (non-hydrogen) atoms. The van der Waals surface area contributed by atoms with Gasteiger partial charge in [0.2, 0.25) is 0 Å². The van der Waals surface area contributed by atoms with Crippen molar-refractivity contribution in [1.29, 1.82) is 0 Å². The van der Waals surface area contributed by atoms with Gasteiger partial charge in [-0.15, -0.1) is 0 Å². The van der Waals surface area contributed by atoms with Crippen molar-refractivity contribution < 1.29 is 0 Å². The molecule has 92 valence electrons. The molecule has 0 amide bonds. The Kier molecular flexibility index (Phi) is 3.53. The molecule has 2 nitrogen and oxygen atoms in total. The summed E-state index contributed by atoms with van der Waals surface area (Å²) < 4.78 is 0. The van der Waals surface area contributed by atoms with Crippen LogP contribution in [0.3, 0.4) is 0 Å². The van der Waals surface area contributed by atoms with Crippen molar-refractivity contribution in [3.05, 3.63) is 34.5 Å². The molecule has 0 radical (unpaired) electrons. The quantitative estimate of drug-likeness (QED) is 0.775. The van der Waals surface area contributed by atoms with Crippen molar-refractivity contribution in [1.82, 2.24) is 10.3 Å². The average Bonchev–Trinajstić information content (AvgIpc) is 2.64. The van der Waals surface area contributed by atoms with E-state index in [1.165, 1.54) is 39.7 Å². The fraction of sp³-hybridized carbons (Fsp3) is 0.467. The number of benzene rings is 1. The normalized spacial score (nSPS) is 11.3. The van der Waals surface area contributed by atoms with Crippen molar-refractivity contribution in [2.75, 3.05) is 13.6 Å². The van der Waals surface area contributed by atoms with Crippen LogP contribution < -0.4 is 5.32 Å². The van der Waals surface area contributed by atoms with Gasteiger partial charge in [0.15, 0.2) is 0 Å². The molecule has 0 aliphatic carbocycles. The Morgan fingerprint density at radius 2 is 1.82 bits per heavy atom. The Morgan fingerprint density at radius 1 is 1.12 bits per heavy atom. The lowest BCUT2D eigenvalue weighted by molar-refractivity contribution is 0.716. The number of hydrogen-bond donors (Lipinski definition) is 2. The summed E-state index contributed by atoms with van der Waals surface area (Å²) in [6.07, 6.45) is 2.31. The first-order valence-corrected chi connectivity index (χ1v) is 6.37. The number of fused-ring (bicyclic) bond motifs is 1. The first-order chi connectivity index (χ1) is 8.15. The molecule has 0 fully saturated rings. The molecule has 1 aromatic heterocycles. The number of aromatic nitrogens is 1. The van der Waals surface area contributed by atoms with Crippen molar-refractivity contribution >= 4 is 10.9 Å². The maximum absolute atomic E-state index is 3.60. The first-order valence-electron chi connectivity index (χ1n) is 6.37. The van der Waals surface area contributed by atoms with E-state index in [-0.39, 0.29) is 0 Å². The zero-order valence-electron chi connectivity index (χ0n) is 11.3. The topological polar surface area (TPSA) is 27.8 Å². The van der Waals surface area contributed by atoms with Crippen LogP contribution in [0.5, 0.6) is 0 Å². The van der Waals surface area contributed by atoms with E-state index in [9.17, 15) is 0 Å². The number of aryl methyl sites for hydroxylation is 4. The second-order valence-corrected chi connectivity index (χ2v) is 4.89. The molecule has 0 unspecified atom stereocenters. The van der Waals surface area contributed by atoms with E-state index in [0.29, 0.717) is 0 Å². The van der Waals surface area contributed by atoms with Crippen LogP contribution in [0.2, 0.25) is 0 Å². The largest absolute Gasteiger partial charge is 0.358 e. The predicted molar refractivity (Wildman–Crippen MR) is 74.8 cm³/mol. The molecule has 2 heteroatoms. The van der Waals surface area contributed by atoms with Gasteiger partial charge in [-0.2, -0.15) is 0 Å². The third kappa shape index (κ3) is 2.22. The minimum atomic E-state index is 1.08. The molecule has 1 heterocycles. The molecule has 0 saturated carbocycles. The van der Waals surface area contributed by atoms with Crippen LogP contribution in [-0.2, 0) is 6.42 Å². The van der Waals surface area contributed by atoms with Crippen LogP contribution in [0.1, 0.15) is 28.8 Å². The minimum Gasteiger partial charge on any atom is -0.358 e. The highest BCUT2D eigenvalue weighted by Gasteiger charge is 2.10. The summed E-state index contributed by atoms with van der Waals surface area (Å²) in [7, 11) is 2.01. The van der Waals surface area contributed by atoms with E-state index in [4.69, 9.17) is 0 Å². The number of hydrogen-bond acceptors (Lipinski definition) is 1. The zero-order valence-corrected chi connectivity index (χ0v) is 11.3. The Morgan fingerprint density at radius 3 is 2.47 bits per heavy atom. The maximum atomic E-state index is 3.60. The Balaban J connectivity index is 2.42. The lowest BCUT2D eigenvalue weighted by Gasteiger charge is -2.01. The highest BCUT2D eigenvalue weighted by molar-refractivity contribution is 5.89. The van der Waals surface area contributed by atoms with E-state index in [0.717, 1.165) is 13.0 Å². The van der Waals surface area contributed by atoms with Crippen molar-refractivity contribution in [2.45, 2.75) is 33.6 Å². The molecular weight excluding hydrogens is 208 g/mol. The second-order valence-electron chi connectivity index (χ2n) is 4.89. The predicted octanol–water partition coefficient (Wildman–Crippen LogP) is 3.25. The summed E-state index contributed by atoms with van der Waals surface area (Å²) in [5.41, 5.74) is 6.86. The molecular formula is C15H22N2. The first kappa shape index (κ1) is 12.2. The third-order valence-electron chi connectivity index (χ3n) is 3.58. The fourth-order valence-corrected chi connectivity index (χ4v) is 2.54. The van der Waals surface area contributed by atoms with Crippen molar-refractivity contribution in [2.24, 2.45) is 0 Å². The van der Waals surface area contributed by atoms with Gasteiger partial charge in [-0.25, -0.2) is 0 Å². The van der Waals surface area contributed by atoms with Gasteiger partial charge in [-0.05, 0) is 63.9 Å². The third-order valence-corrected chi connectivity index (χ3v) is 3.58. The summed E-state index contributed by atoms with van der Waals surface area (Å²) in [5.74, 6) is 0. The van der Waals surface area contributed by atoms with Gasteiger partial charge in [0.05, 0.1) is 0 Å². The van der Waals surface area contributed by atoms with Gasteiger partial charge in [0.25, 0.3) is 0 Å². The van der Waals surface area contributed by atoms with E-state index in [2.05, 4.69) is 43.2 Å². The average molecular weight is 230 g/mol. The molecule has 2 aromatic rings. The van der Waals surface area contributed by atoms with Gasteiger partial charge in [0.1, 0.15) is 0 Å². The van der Waals surface area contributed by atoms with Crippen molar-refractivity contribution in [3.63, 3.8) is 0 Å². The number of H-pyrrole nitrogens is 1. The minimum absolute atomic E-state index is 1.08. The van der Waals surface area contributed by atoms with E-state index < -0.39 is 0 Å². The summed E-state index contributed by atoms with van der Waals surface area (Å²) in [4.78, 5) is 3.60. The molecule has 2 rings (SSSR count). The van der Waals surface area contributed by atoms with Gasteiger partial charge in [-0.1, -0.05) is 12.1 Å². The van der Waals surface area contributed by atoms with Crippen LogP contribution in [-0.4, -0.2) is 18.6 Å². The molecule has 2 N–H and O–H groups in total. The van der Waals surface area contributed by atoms with Crippen LogP contribution in [0.25, 0.3) is 10.9 Å². The highest BCUT2D eigenvalue weighted by Crippen LogP contribution is 2.28. The highest BCUT2D eigenvalue weighted by atomic mass is 14.8. The summed E-state index contributed by atoms with van der Waals surface area (Å²) in [6.45, 7) is 7.68. The Bertz CT molecular complexity index is 523. The second kappa shape index (κ2) is 4.92. The van der Waals surface area contributed by atoms with Crippen LogP contribution in [0.15, 0.2) is 12.1 Å². The van der Waals surface area contributed by atoms with Gasteiger partial charge in [0, 0.05) is 16.6 Å². The standard InChI is InChI=1S/C15H22N2/c1-10-7-8-11(2)15-14(10)12(3)13(17-15)6-5-9-16-4/h7-8,16-17H,5-6,9H2,1-4H3. The van der Waals surface area contributed by atoms with E-state index in [1.54, 1.807) is 0 Å². The number of aromatic amines is 1. The lowest BCUT2D eigenvalue weighted by Crippen LogP contribution is -2.08. The smallest absolute Gasteiger partial charge is 0.0491 e. The SMILES string of the molecule is CNCCCc1[nH]c2c(C)ccc(C)c2c1C. The number of nitrogens with one attached hydrogen (secondary N) is 2. The lowest BCUT2D eigenvalue weighted by atomic mass is 10.0.